The van der Waals surface area contributed by atoms with E-state index < -0.39 is 0 Å². The van der Waals surface area contributed by atoms with E-state index in [4.69, 9.17) is 16.3 Å². The van der Waals surface area contributed by atoms with Gasteiger partial charge < -0.3 is 10.1 Å². The Bertz CT molecular complexity index is 908. The molecule has 0 radical (unpaired) electrons. The van der Waals surface area contributed by atoms with Crippen molar-refractivity contribution in [1.82, 2.24) is 19.7 Å². The Morgan fingerprint density at radius 1 is 1.25 bits per heavy atom. The zero-order valence-electron chi connectivity index (χ0n) is 13.3. The molecule has 24 heavy (non-hydrogen) atoms. The summed E-state index contributed by atoms with van der Waals surface area (Å²) in [5, 5.41) is 12.9. The third-order valence-electron chi connectivity index (χ3n) is 4.12. The van der Waals surface area contributed by atoms with Crippen LogP contribution in [0.1, 0.15) is 18.7 Å². The topological polar surface area (TPSA) is 64.9 Å². The van der Waals surface area contributed by atoms with Crippen molar-refractivity contribution in [2.45, 2.75) is 12.8 Å². The fraction of sp³-hybridized carbons (Fsp3) is 0.235. The highest BCUT2D eigenvalue weighted by atomic mass is 35.5. The van der Waals surface area contributed by atoms with Crippen LogP contribution in [-0.2, 0) is 0 Å². The molecule has 3 heterocycles. The Morgan fingerprint density at radius 3 is 2.96 bits per heavy atom. The number of aromatic nitrogens is 4. The number of rotatable bonds is 2. The van der Waals surface area contributed by atoms with Gasteiger partial charge in [0.15, 0.2) is 5.82 Å². The van der Waals surface area contributed by atoms with E-state index in [1.54, 1.807) is 19.4 Å². The van der Waals surface area contributed by atoms with Crippen molar-refractivity contribution < 1.29 is 4.74 Å². The molecular weight excluding hydrogens is 326 g/mol. The molecule has 6 nitrogen and oxygen atoms in total. The van der Waals surface area contributed by atoms with Crippen molar-refractivity contribution in [3.8, 4) is 23.0 Å². The third kappa shape index (κ3) is 2.39. The van der Waals surface area contributed by atoms with Crippen LogP contribution in [0.2, 0.25) is 5.02 Å². The van der Waals surface area contributed by atoms with Crippen molar-refractivity contribution >= 4 is 17.3 Å². The number of anilines is 1. The first-order valence-corrected chi connectivity index (χ1v) is 8.04. The highest BCUT2D eigenvalue weighted by Crippen LogP contribution is 2.34. The van der Waals surface area contributed by atoms with Gasteiger partial charge in [-0.15, -0.1) is 10.2 Å². The van der Waals surface area contributed by atoms with E-state index in [0.29, 0.717) is 16.5 Å². The molecule has 3 aromatic rings. The van der Waals surface area contributed by atoms with Crippen molar-refractivity contribution in [2.24, 2.45) is 0 Å². The lowest BCUT2D eigenvalue weighted by atomic mass is 10.1. The molecule has 122 valence electrons. The molecule has 1 atom stereocenters. The predicted molar refractivity (Wildman–Crippen MR) is 93.1 cm³/mol. The van der Waals surface area contributed by atoms with E-state index in [2.05, 4.69) is 27.4 Å². The molecule has 0 spiro atoms. The minimum absolute atomic E-state index is 0.197. The van der Waals surface area contributed by atoms with Gasteiger partial charge in [0.25, 0.3) is 0 Å². The summed E-state index contributed by atoms with van der Waals surface area (Å²) in [5.74, 6) is 2.50. The molecule has 7 heteroatoms. The van der Waals surface area contributed by atoms with E-state index in [9.17, 15) is 0 Å². The highest BCUT2D eigenvalue weighted by Gasteiger charge is 2.25. The summed E-state index contributed by atoms with van der Waals surface area (Å²) in [7, 11) is 1.63. The fourth-order valence-electron chi connectivity index (χ4n) is 2.88. The van der Waals surface area contributed by atoms with Crippen molar-refractivity contribution in [1.29, 1.82) is 0 Å². The second kappa shape index (κ2) is 5.79. The molecule has 0 saturated carbocycles. The lowest BCUT2D eigenvalue weighted by molar-refractivity contribution is 0.414. The van der Waals surface area contributed by atoms with E-state index in [0.717, 1.165) is 29.5 Å². The number of hydrogen-bond acceptors (Lipinski definition) is 5. The molecule has 2 aromatic heterocycles. The van der Waals surface area contributed by atoms with Gasteiger partial charge in [0.05, 0.1) is 18.5 Å². The average Bonchev–Trinajstić information content (AvgIpc) is 2.99. The Balaban J connectivity index is 1.96. The summed E-state index contributed by atoms with van der Waals surface area (Å²) in [6.07, 6.45) is 1.71. The van der Waals surface area contributed by atoms with Crippen LogP contribution in [0.5, 0.6) is 5.75 Å². The zero-order valence-corrected chi connectivity index (χ0v) is 14.1. The van der Waals surface area contributed by atoms with Crippen LogP contribution < -0.4 is 10.1 Å². The molecule has 0 fully saturated rings. The average molecular weight is 342 g/mol. The molecule has 0 aliphatic carbocycles. The Hall–Kier alpha value is -2.60. The van der Waals surface area contributed by atoms with Gasteiger partial charge in [-0.25, -0.2) is 0 Å². The number of halogens is 1. The second-order valence-electron chi connectivity index (χ2n) is 5.74. The summed E-state index contributed by atoms with van der Waals surface area (Å²) in [5.41, 5.74) is 2.63. The minimum atomic E-state index is 0.197. The third-order valence-corrected chi connectivity index (χ3v) is 4.36. The second-order valence-corrected chi connectivity index (χ2v) is 6.18. The first kappa shape index (κ1) is 15.0. The van der Waals surface area contributed by atoms with Gasteiger partial charge >= 0.3 is 0 Å². The molecule has 4 rings (SSSR count). The van der Waals surface area contributed by atoms with Gasteiger partial charge in [0.2, 0.25) is 0 Å². The first-order valence-electron chi connectivity index (χ1n) is 7.67. The summed E-state index contributed by atoms with van der Waals surface area (Å²) >= 11 is 6.15. The monoisotopic (exact) mass is 341 g/mol. The van der Waals surface area contributed by atoms with Crippen molar-refractivity contribution in [3.63, 3.8) is 0 Å². The molecule has 0 amide bonds. The standard InChI is InChI=1S/C17H16ClN5O/c1-10-9-20-13-7-11(18)3-4-15(13)23-16(10)21-22-17(23)14-8-12(24-2)5-6-19-14/h3-8,10,20H,9H2,1-2H3/t10-/m0/s1. The molecule has 0 saturated heterocycles. The van der Waals surface area contributed by atoms with E-state index in [1.807, 2.05) is 28.8 Å². The maximum Gasteiger partial charge on any atom is 0.187 e. The summed E-state index contributed by atoms with van der Waals surface area (Å²) in [6.45, 7) is 2.88. The highest BCUT2D eigenvalue weighted by molar-refractivity contribution is 6.31. The number of pyridine rings is 1. The number of nitrogens with zero attached hydrogens (tertiary/aromatic N) is 4. The number of ether oxygens (including phenoxy) is 1. The van der Waals surface area contributed by atoms with Gasteiger partial charge in [0, 0.05) is 29.7 Å². The fourth-order valence-corrected chi connectivity index (χ4v) is 3.05. The largest absolute Gasteiger partial charge is 0.497 e. The molecule has 0 bridgehead atoms. The van der Waals surface area contributed by atoms with Crippen molar-refractivity contribution in [3.05, 3.63) is 47.4 Å². The molecule has 1 aliphatic heterocycles. The Kier molecular flexibility index (Phi) is 3.61. The Labute approximate surface area is 144 Å². The van der Waals surface area contributed by atoms with Crippen LogP contribution >= 0.6 is 11.6 Å². The summed E-state index contributed by atoms with van der Waals surface area (Å²) < 4.78 is 7.34. The summed E-state index contributed by atoms with van der Waals surface area (Å²) in [6, 6.07) is 9.42. The normalized spacial score (nSPS) is 15.9. The van der Waals surface area contributed by atoms with Gasteiger partial charge in [-0.2, -0.15) is 0 Å². The molecule has 1 aliphatic rings. The molecular formula is C17H16ClN5O. The van der Waals surface area contributed by atoms with Crippen LogP contribution in [0.15, 0.2) is 36.5 Å². The van der Waals surface area contributed by atoms with Crippen LogP contribution in [-0.4, -0.2) is 33.4 Å². The van der Waals surface area contributed by atoms with Gasteiger partial charge in [0.1, 0.15) is 17.3 Å². The van der Waals surface area contributed by atoms with Gasteiger partial charge in [-0.3, -0.25) is 9.55 Å². The summed E-state index contributed by atoms with van der Waals surface area (Å²) in [4.78, 5) is 4.43. The lowest BCUT2D eigenvalue weighted by Gasteiger charge is -2.12. The van der Waals surface area contributed by atoms with Crippen LogP contribution in [0, 0.1) is 0 Å². The van der Waals surface area contributed by atoms with Crippen LogP contribution in [0.25, 0.3) is 17.2 Å². The molecule has 1 aromatic carbocycles. The molecule has 0 unspecified atom stereocenters. The smallest absolute Gasteiger partial charge is 0.187 e. The van der Waals surface area contributed by atoms with Gasteiger partial charge in [-0.1, -0.05) is 18.5 Å². The van der Waals surface area contributed by atoms with E-state index in [-0.39, 0.29) is 5.92 Å². The number of nitrogens with one attached hydrogen (secondary N) is 1. The quantitative estimate of drug-likeness (QED) is 0.772. The van der Waals surface area contributed by atoms with E-state index in [1.165, 1.54) is 0 Å². The lowest BCUT2D eigenvalue weighted by Crippen LogP contribution is -2.09. The number of benzene rings is 1. The predicted octanol–water partition coefficient (Wildman–Crippen LogP) is 3.52. The maximum absolute atomic E-state index is 6.15. The van der Waals surface area contributed by atoms with Gasteiger partial charge in [-0.05, 0) is 24.3 Å². The SMILES string of the molecule is COc1ccnc(-c2nnc3n2-c2ccc(Cl)cc2NC[C@@H]3C)c1. The number of hydrogen-bond donors (Lipinski definition) is 1. The van der Waals surface area contributed by atoms with E-state index >= 15 is 0 Å². The van der Waals surface area contributed by atoms with Crippen molar-refractivity contribution in [2.75, 3.05) is 19.0 Å². The molecule has 1 N–H and O–H groups in total. The zero-order chi connectivity index (χ0) is 16.7. The maximum atomic E-state index is 6.15. The number of fused-ring (bicyclic) bond motifs is 3. The minimum Gasteiger partial charge on any atom is -0.497 e. The first-order chi connectivity index (χ1) is 11.7. The Morgan fingerprint density at radius 2 is 2.12 bits per heavy atom. The number of methoxy groups -OCH3 is 1. The van der Waals surface area contributed by atoms with Crippen LogP contribution in [0.3, 0.4) is 0 Å². The van der Waals surface area contributed by atoms with Crippen LogP contribution in [0.4, 0.5) is 5.69 Å².